The highest BCUT2D eigenvalue weighted by Gasteiger charge is 2.24. The molecule has 178 valence electrons. The molecule has 0 bridgehead atoms. The zero-order valence-electron chi connectivity index (χ0n) is 19.6. The lowest BCUT2D eigenvalue weighted by Crippen LogP contribution is -2.22. The van der Waals surface area contributed by atoms with Gasteiger partial charge >= 0.3 is 0 Å². The van der Waals surface area contributed by atoms with E-state index in [1.165, 1.54) is 11.8 Å². The number of allylic oxidation sites excluding steroid dienone is 1. The molecule has 1 unspecified atom stereocenters. The van der Waals surface area contributed by atoms with Crippen LogP contribution in [0.15, 0.2) is 34.6 Å². The van der Waals surface area contributed by atoms with Crippen LogP contribution in [0, 0.1) is 32.1 Å². The highest BCUT2D eigenvalue weighted by atomic mass is 32.2. The van der Waals surface area contributed by atoms with Crippen molar-refractivity contribution < 1.29 is 13.9 Å². The van der Waals surface area contributed by atoms with Crippen molar-refractivity contribution >= 4 is 23.5 Å². The number of furan rings is 1. The summed E-state index contributed by atoms with van der Waals surface area (Å²) in [4.78, 5) is 12.9. The molecule has 9 nitrogen and oxygen atoms in total. The molecule has 1 atom stereocenters. The molecule has 1 aliphatic rings. The van der Waals surface area contributed by atoms with Crippen LogP contribution in [-0.2, 0) is 22.6 Å². The molecule has 34 heavy (non-hydrogen) atoms. The van der Waals surface area contributed by atoms with E-state index in [9.17, 15) is 10.1 Å². The first-order valence-electron chi connectivity index (χ1n) is 11.2. The maximum Gasteiger partial charge on any atom is 0.235 e. The fraction of sp³-hybridized carbons (Fsp3) is 0.417. The summed E-state index contributed by atoms with van der Waals surface area (Å²) in [6.07, 6.45) is 5.46. The Morgan fingerprint density at radius 3 is 2.85 bits per heavy atom. The minimum Gasteiger partial charge on any atom is -0.469 e. The standard InChI is InChI=1S/C24H28N6O3S/c1-5-9-29-23(19-8-11-32-17(19)4)27-28-24(29)34-14-21(31)26-22-20(12-25)15(2)16(3)30(22)13-18-7-6-10-33-18/h5,8,11,18H,1,6-7,9-10,13-14H2,2-4H3,(H,26,31). The Kier molecular flexibility index (Phi) is 7.24. The van der Waals surface area contributed by atoms with Gasteiger partial charge in [0.15, 0.2) is 11.0 Å². The third kappa shape index (κ3) is 4.67. The number of nitrogens with one attached hydrogen (secondary N) is 1. The Bertz CT molecular complexity index is 1240. The van der Waals surface area contributed by atoms with E-state index in [1.54, 1.807) is 12.3 Å². The van der Waals surface area contributed by atoms with Crippen molar-refractivity contribution in [3.63, 3.8) is 0 Å². The van der Waals surface area contributed by atoms with Crippen LogP contribution in [0.4, 0.5) is 5.82 Å². The number of hydrogen-bond acceptors (Lipinski definition) is 7. The topological polar surface area (TPSA) is 111 Å². The molecule has 0 aliphatic carbocycles. The van der Waals surface area contributed by atoms with Gasteiger partial charge in [-0.25, -0.2) is 0 Å². The number of amides is 1. The Hall–Kier alpha value is -3.29. The van der Waals surface area contributed by atoms with E-state index >= 15 is 0 Å². The summed E-state index contributed by atoms with van der Waals surface area (Å²) in [5.41, 5.74) is 3.17. The van der Waals surface area contributed by atoms with Gasteiger partial charge in [0.1, 0.15) is 17.6 Å². The Balaban J connectivity index is 1.51. The largest absolute Gasteiger partial charge is 0.469 e. The second-order valence-electron chi connectivity index (χ2n) is 8.22. The van der Waals surface area contributed by atoms with Gasteiger partial charge in [-0.05, 0) is 45.2 Å². The van der Waals surface area contributed by atoms with Gasteiger partial charge in [0.25, 0.3) is 0 Å². The van der Waals surface area contributed by atoms with E-state index < -0.39 is 0 Å². The van der Waals surface area contributed by atoms with Crippen LogP contribution in [0.25, 0.3) is 11.4 Å². The predicted molar refractivity (Wildman–Crippen MR) is 130 cm³/mol. The molecule has 4 heterocycles. The first-order valence-corrected chi connectivity index (χ1v) is 12.2. The molecular formula is C24H28N6O3S. The van der Waals surface area contributed by atoms with E-state index in [1.807, 2.05) is 36.0 Å². The van der Waals surface area contributed by atoms with Gasteiger partial charge in [0.2, 0.25) is 5.91 Å². The fourth-order valence-electron chi connectivity index (χ4n) is 4.15. The molecule has 10 heteroatoms. The number of nitriles is 1. The third-order valence-electron chi connectivity index (χ3n) is 6.07. The summed E-state index contributed by atoms with van der Waals surface area (Å²) in [6, 6.07) is 4.09. The van der Waals surface area contributed by atoms with Crippen LogP contribution in [0.3, 0.4) is 0 Å². The summed E-state index contributed by atoms with van der Waals surface area (Å²) >= 11 is 1.28. The van der Waals surface area contributed by atoms with Crippen LogP contribution in [0.1, 0.15) is 35.4 Å². The number of thioether (sulfide) groups is 1. The smallest absolute Gasteiger partial charge is 0.235 e. The van der Waals surface area contributed by atoms with Gasteiger partial charge in [-0.1, -0.05) is 17.8 Å². The van der Waals surface area contributed by atoms with Gasteiger partial charge in [-0.3, -0.25) is 9.36 Å². The van der Waals surface area contributed by atoms with Crippen LogP contribution in [0.2, 0.25) is 0 Å². The van der Waals surface area contributed by atoms with Crippen molar-refractivity contribution in [3.05, 3.63) is 47.6 Å². The number of aromatic nitrogens is 4. The molecule has 0 saturated carbocycles. The maximum absolute atomic E-state index is 12.9. The van der Waals surface area contributed by atoms with Gasteiger partial charge in [-0.2, -0.15) is 5.26 Å². The SMILES string of the molecule is C=CCn1c(SCC(=O)Nc2c(C#N)c(C)c(C)n2CC2CCCO2)nnc1-c1ccoc1C. The van der Waals surface area contributed by atoms with E-state index in [0.29, 0.717) is 35.5 Å². The van der Waals surface area contributed by atoms with Crippen molar-refractivity contribution in [2.75, 3.05) is 17.7 Å². The molecule has 0 aromatic carbocycles. The molecule has 1 aliphatic heterocycles. The number of rotatable bonds is 9. The minimum atomic E-state index is -0.221. The highest BCUT2D eigenvalue weighted by Crippen LogP contribution is 2.30. The minimum absolute atomic E-state index is 0.0873. The number of ether oxygens (including phenoxy) is 1. The van der Waals surface area contributed by atoms with Crippen LogP contribution < -0.4 is 5.32 Å². The number of carbonyl (C=O) groups excluding carboxylic acids is 1. The lowest BCUT2D eigenvalue weighted by molar-refractivity contribution is -0.113. The second-order valence-corrected chi connectivity index (χ2v) is 9.17. The molecule has 1 fully saturated rings. The van der Waals surface area contributed by atoms with Crippen molar-refractivity contribution in [2.24, 2.45) is 0 Å². The summed E-state index contributed by atoms with van der Waals surface area (Å²) in [5, 5.41) is 21.9. The first kappa shape index (κ1) is 23.9. The monoisotopic (exact) mass is 480 g/mol. The number of carbonyl (C=O) groups is 1. The van der Waals surface area contributed by atoms with Crippen LogP contribution in [-0.4, -0.2) is 43.7 Å². The van der Waals surface area contributed by atoms with E-state index in [4.69, 9.17) is 9.15 Å². The van der Waals surface area contributed by atoms with Gasteiger partial charge in [-0.15, -0.1) is 16.8 Å². The van der Waals surface area contributed by atoms with Crippen molar-refractivity contribution in [1.82, 2.24) is 19.3 Å². The number of hydrogen-bond donors (Lipinski definition) is 1. The summed E-state index contributed by atoms with van der Waals surface area (Å²) < 4.78 is 15.1. The van der Waals surface area contributed by atoms with Gasteiger partial charge < -0.3 is 19.0 Å². The zero-order valence-corrected chi connectivity index (χ0v) is 20.4. The molecule has 0 radical (unpaired) electrons. The average molecular weight is 481 g/mol. The predicted octanol–water partition coefficient (Wildman–Crippen LogP) is 4.23. The van der Waals surface area contributed by atoms with Crippen molar-refractivity contribution in [1.29, 1.82) is 5.26 Å². The number of aryl methyl sites for hydroxylation is 1. The number of anilines is 1. The molecule has 3 aromatic rings. The summed E-state index contributed by atoms with van der Waals surface area (Å²) in [7, 11) is 0. The van der Waals surface area contributed by atoms with Crippen molar-refractivity contribution in [3.8, 4) is 17.5 Å². The van der Waals surface area contributed by atoms with Crippen molar-refractivity contribution in [2.45, 2.75) is 58.0 Å². The highest BCUT2D eigenvalue weighted by molar-refractivity contribution is 7.99. The molecule has 1 N–H and O–H groups in total. The Morgan fingerprint density at radius 2 is 2.21 bits per heavy atom. The molecule has 4 rings (SSSR count). The normalized spacial score (nSPS) is 15.4. The molecule has 1 saturated heterocycles. The molecule has 1 amide bonds. The molecule has 0 spiro atoms. The van der Waals surface area contributed by atoms with E-state index in [-0.39, 0.29) is 17.8 Å². The van der Waals surface area contributed by atoms with Crippen LogP contribution in [0.5, 0.6) is 0 Å². The van der Waals surface area contributed by atoms with E-state index in [0.717, 1.165) is 42.0 Å². The second kappa shape index (κ2) is 10.3. The molecule has 3 aromatic heterocycles. The van der Waals surface area contributed by atoms with E-state index in [2.05, 4.69) is 28.2 Å². The molecular weight excluding hydrogens is 452 g/mol. The maximum atomic E-state index is 12.9. The Labute approximate surface area is 202 Å². The summed E-state index contributed by atoms with van der Waals surface area (Å²) in [6.45, 7) is 11.4. The average Bonchev–Trinajstić information content (AvgIpc) is 3.60. The summed E-state index contributed by atoms with van der Waals surface area (Å²) in [5.74, 6) is 1.84. The Morgan fingerprint density at radius 1 is 1.38 bits per heavy atom. The number of nitrogens with zero attached hydrogens (tertiary/aromatic N) is 5. The first-order chi connectivity index (χ1) is 16.4. The third-order valence-corrected chi connectivity index (χ3v) is 7.04. The lowest BCUT2D eigenvalue weighted by Gasteiger charge is -2.16. The quantitative estimate of drug-likeness (QED) is 0.360. The van der Waals surface area contributed by atoms with Gasteiger partial charge in [0.05, 0.1) is 35.8 Å². The zero-order chi connectivity index (χ0) is 24.2. The van der Waals surface area contributed by atoms with Gasteiger partial charge in [0, 0.05) is 18.8 Å². The lowest BCUT2D eigenvalue weighted by atomic mass is 10.2. The van der Waals surface area contributed by atoms with Crippen LogP contribution >= 0.6 is 11.8 Å². The fourth-order valence-corrected chi connectivity index (χ4v) is 4.90.